The molecule has 4 heteroatoms. The molecule has 2 atom stereocenters. The lowest BCUT2D eigenvalue weighted by Gasteiger charge is -2.30. The number of hydrogen-bond donors (Lipinski definition) is 2. The molecule has 3 N–H and O–H groups in total. The van der Waals surface area contributed by atoms with E-state index in [0.717, 1.165) is 45.3 Å². The normalized spacial score (nSPS) is 34.6. The van der Waals surface area contributed by atoms with Crippen LogP contribution in [-0.2, 0) is 4.79 Å². The quantitative estimate of drug-likeness (QED) is 0.606. The fourth-order valence-corrected chi connectivity index (χ4v) is 2.67. The topological polar surface area (TPSA) is 58.4 Å². The predicted octanol–water partition coefficient (Wildman–Crippen LogP) is -0.312. The molecular weight excluding hydrogens is 178 g/mol. The maximum atomic E-state index is 11.2. The van der Waals surface area contributed by atoms with E-state index in [0.29, 0.717) is 6.04 Å². The van der Waals surface area contributed by atoms with Crippen LogP contribution >= 0.6 is 0 Å². The Morgan fingerprint density at radius 2 is 2.14 bits per heavy atom. The average molecular weight is 197 g/mol. The molecule has 14 heavy (non-hydrogen) atoms. The molecule has 2 rings (SSSR count). The van der Waals surface area contributed by atoms with Crippen molar-refractivity contribution >= 4 is 5.91 Å². The van der Waals surface area contributed by atoms with Gasteiger partial charge in [0, 0.05) is 12.6 Å². The minimum atomic E-state index is -0.138. The Morgan fingerprint density at radius 3 is 2.93 bits per heavy atom. The molecule has 2 unspecified atom stereocenters. The van der Waals surface area contributed by atoms with Crippen LogP contribution in [-0.4, -0.2) is 42.5 Å². The highest BCUT2D eigenvalue weighted by Crippen LogP contribution is 2.26. The summed E-state index contributed by atoms with van der Waals surface area (Å²) in [7, 11) is 0. The molecule has 0 saturated carbocycles. The summed E-state index contributed by atoms with van der Waals surface area (Å²) in [6.45, 7) is 3.16. The van der Waals surface area contributed by atoms with Crippen LogP contribution in [0.1, 0.15) is 25.7 Å². The second kappa shape index (κ2) is 4.28. The maximum absolute atomic E-state index is 11.2. The van der Waals surface area contributed by atoms with Crippen molar-refractivity contribution in [2.75, 3.05) is 19.6 Å². The van der Waals surface area contributed by atoms with Crippen molar-refractivity contribution in [1.82, 2.24) is 10.2 Å². The molecule has 0 bridgehead atoms. The molecule has 0 aromatic carbocycles. The van der Waals surface area contributed by atoms with Gasteiger partial charge in [0.25, 0.3) is 0 Å². The van der Waals surface area contributed by atoms with Crippen molar-refractivity contribution in [3.05, 3.63) is 0 Å². The van der Waals surface area contributed by atoms with Crippen LogP contribution in [0.5, 0.6) is 0 Å². The monoisotopic (exact) mass is 197 g/mol. The number of hydrogen-bond acceptors (Lipinski definition) is 3. The van der Waals surface area contributed by atoms with Crippen molar-refractivity contribution < 1.29 is 4.79 Å². The lowest BCUT2D eigenvalue weighted by molar-refractivity contribution is -0.122. The van der Waals surface area contributed by atoms with Gasteiger partial charge < -0.3 is 11.1 Å². The Bertz CT molecular complexity index is 219. The van der Waals surface area contributed by atoms with Gasteiger partial charge in [-0.2, -0.15) is 0 Å². The number of rotatable bonds is 1. The Kier molecular flexibility index (Phi) is 3.03. The van der Waals surface area contributed by atoms with Crippen LogP contribution in [0.25, 0.3) is 0 Å². The first kappa shape index (κ1) is 9.93. The number of carbonyl (C=O) groups is 1. The first-order chi connectivity index (χ1) is 6.79. The van der Waals surface area contributed by atoms with Crippen molar-refractivity contribution in [3.8, 4) is 0 Å². The Morgan fingerprint density at radius 1 is 1.29 bits per heavy atom. The minimum absolute atomic E-state index is 0.0121. The van der Waals surface area contributed by atoms with E-state index < -0.39 is 0 Å². The first-order valence-electron chi connectivity index (χ1n) is 5.55. The number of nitrogens with one attached hydrogen (secondary N) is 1. The second-order valence-corrected chi connectivity index (χ2v) is 4.28. The zero-order chi connectivity index (χ0) is 9.97. The summed E-state index contributed by atoms with van der Waals surface area (Å²) < 4.78 is 0. The van der Waals surface area contributed by atoms with Gasteiger partial charge in [0.1, 0.15) is 0 Å². The third-order valence-electron chi connectivity index (χ3n) is 3.40. The summed E-state index contributed by atoms with van der Waals surface area (Å²) in [5.74, 6) is -0.138. The van der Waals surface area contributed by atoms with Crippen molar-refractivity contribution in [2.24, 2.45) is 5.73 Å². The van der Waals surface area contributed by atoms with E-state index >= 15 is 0 Å². The largest absolute Gasteiger partial charge is 0.368 e. The summed E-state index contributed by atoms with van der Waals surface area (Å²) in [6.07, 6.45) is 4.37. The van der Waals surface area contributed by atoms with Crippen LogP contribution in [0.4, 0.5) is 0 Å². The number of nitrogens with two attached hydrogens (primary N) is 1. The lowest BCUT2D eigenvalue weighted by atomic mass is 10.1. The summed E-state index contributed by atoms with van der Waals surface area (Å²) in [6, 6.07) is 0.596. The molecular formula is C10H19N3O. The van der Waals surface area contributed by atoms with Crippen molar-refractivity contribution in [1.29, 1.82) is 0 Å². The number of nitrogens with zero attached hydrogens (tertiary/aromatic N) is 1. The van der Waals surface area contributed by atoms with Crippen LogP contribution in [0.2, 0.25) is 0 Å². The third kappa shape index (κ3) is 1.91. The van der Waals surface area contributed by atoms with Gasteiger partial charge in [-0.05, 0) is 38.8 Å². The van der Waals surface area contributed by atoms with Gasteiger partial charge >= 0.3 is 0 Å². The van der Waals surface area contributed by atoms with Crippen LogP contribution in [0.3, 0.4) is 0 Å². The van der Waals surface area contributed by atoms with Gasteiger partial charge in [-0.1, -0.05) is 0 Å². The predicted molar refractivity (Wildman–Crippen MR) is 54.8 cm³/mol. The van der Waals surface area contributed by atoms with Gasteiger partial charge in [-0.3, -0.25) is 9.69 Å². The summed E-state index contributed by atoms with van der Waals surface area (Å²) in [5.41, 5.74) is 5.40. The highest BCUT2D eigenvalue weighted by atomic mass is 16.1. The Labute approximate surface area is 84.8 Å². The van der Waals surface area contributed by atoms with Gasteiger partial charge in [0.2, 0.25) is 5.91 Å². The summed E-state index contributed by atoms with van der Waals surface area (Å²) in [5, 5.41) is 3.40. The van der Waals surface area contributed by atoms with E-state index in [2.05, 4.69) is 10.2 Å². The van der Waals surface area contributed by atoms with Gasteiger partial charge in [0.05, 0.1) is 6.04 Å². The molecule has 2 fully saturated rings. The number of amides is 1. The third-order valence-corrected chi connectivity index (χ3v) is 3.40. The van der Waals surface area contributed by atoms with Crippen LogP contribution in [0, 0.1) is 0 Å². The molecule has 0 aliphatic carbocycles. The van der Waals surface area contributed by atoms with E-state index in [1.54, 1.807) is 0 Å². The number of primary amides is 1. The SMILES string of the molecule is NC(=O)C1CCC2CCNCCCN21. The molecule has 0 aromatic heterocycles. The summed E-state index contributed by atoms with van der Waals surface area (Å²) in [4.78, 5) is 13.5. The van der Waals surface area contributed by atoms with Gasteiger partial charge in [-0.15, -0.1) is 0 Å². The van der Waals surface area contributed by atoms with Crippen LogP contribution < -0.4 is 11.1 Å². The standard InChI is InChI=1S/C10H19N3O/c11-10(14)9-3-2-8-4-6-12-5-1-7-13(8)9/h8-9,12H,1-7H2,(H2,11,14). The average Bonchev–Trinajstić information content (AvgIpc) is 2.47. The smallest absolute Gasteiger partial charge is 0.234 e. The van der Waals surface area contributed by atoms with Crippen molar-refractivity contribution in [2.45, 2.75) is 37.8 Å². The second-order valence-electron chi connectivity index (χ2n) is 4.28. The highest BCUT2D eigenvalue weighted by molar-refractivity contribution is 5.80. The minimum Gasteiger partial charge on any atom is -0.368 e. The molecule has 0 spiro atoms. The van der Waals surface area contributed by atoms with Crippen LogP contribution in [0.15, 0.2) is 0 Å². The lowest BCUT2D eigenvalue weighted by Crippen LogP contribution is -2.46. The molecule has 2 aliphatic heterocycles. The molecule has 80 valence electrons. The van der Waals surface area contributed by atoms with E-state index in [9.17, 15) is 4.79 Å². The molecule has 0 aromatic rings. The van der Waals surface area contributed by atoms with E-state index in [1.165, 1.54) is 0 Å². The number of fused-ring (bicyclic) bond motifs is 1. The van der Waals surface area contributed by atoms with E-state index in [-0.39, 0.29) is 11.9 Å². The van der Waals surface area contributed by atoms with Crippen molar-refractivity contribution in [3.63, 3.8) is 0 Å². The molecule has 0 radical (unpaired) electrons. The molecule has 2 aliphatic rings. The molecule has 2 heterocycles. The van der Waals surface area contributed by atoms with E-state index in [4.69, 9.17) is 5.73 Å². The Hall–Kier alpha value is -0.610. The first-order valence-corrected chi connectivity index (χ1v) is 5.55. The summed E-state index contributed by atoms with van der Waals surface area (Å²) >= 11 is 0. The maximum Gasteiger partial charge on any atom is 0.234 e. The Balaban J connectivity index is 2.02. The fraction of sp³-hybridized carbons (Fsp3) is 0.900. The molecule has 2 saturated heterocycles. The highest BCUT2D eigenvalue weighted by Gasteiger charge is 2.36. The molecule has 1 amide bonds. The zero-order valence-corrected chi connectivity index (χ0v) is 8.54. The van der Waals surface area contributed by atoms with E-state index in [1.807, 2.05) is 0 Å². The van der Waals surface area contributed by atoms with Gasteiger partial charge in [0.15, 0.2) is 0 Å². The number of carbonyl (C=O) groups excluding carboxylic acids is 1. The fourth-order valence-electron chi connectivity index (χ4n) is 2.67. The van der Waals surface area contributed by atoms with Gasteiger partial charge in [-0.25, -0.2) is 0 Å². The molecule has 4 nitrogen and oxygen atoms in total. The zero-order valence-electron chi connectivity index (χ0n) is 8.54.